The van der Waals surface area contributed by atoms with Crippen LogP contribution in [0.5, 0.6) is 11.5 Å². The molecule has 1 N–H and O–H groups in total. The van der Waals surface area contributed by atoms with Crippen LogP contribution in [0, 0.1) is 12.8 Å². The van der Waals surface area contributed by atoms with Crippen LogP contribution in [-0.4, -0.2) is 25.0 Å². The Morgan fingerprint density at radius 3 is 2.59 bits per heavy atom. The van der Waals surface area contributed by atoms with Crippen LogP contribution < -0.4 is 9.47 Å². The molecule has 1 saturated carbocycles. The number of Topliss-reactive ketones (excluding diaryl/α,β-unsaturated/α-hetero) is 1. The number of carbonyl (C=O) groups is 1. The molecule has 0 bridgehead atoms. The monoisotopic (exact) mass is 455 g/mol. The number of aryl methyl sites for hydroxylation is 2. The van der Waals surface area contributed by atoms with Crippen molar-refractivity contribution >= 4 is 27.6 Å². The highest BCUT2D eigenvalue weighted by Crippen LogP contribution is 2.46. The lowest BCUT2D eigenvalue weighted by atomic mass is 9.71. The van der Waals surface area contributed by atoms with Crippen LogP contribution in [0.3, 0.4) is 0 Å². The molecule has 1 aromatic heterocycles. The first kappa shape index (κ1) is 22.5. The zero-order chi connectivity index (χ0) is 23.8. The summed E-state index contributed by atoms with van der Waals surface area (Å²) in [6.07, 6.45) is 5.09. The van der Waals surface area contributed by atoms with Crippen molar-refractivity contribution in [3.05, 3.63) is 70.8 Å². The molecule has 1 aliphatic rings. The third-order valence-electron chi connectivity index (χ3n) is 7.74. The molecule has 5 rings (SSSR count). The molecular formula is C30H33NO3. The third-order valence-corrected chi connectivity index (χ3v) is 7.74. The van der Waals surface area contributed by atoms with E-state index in [1.807, 2.05) is 18.2 Å². The maximum atomic E-state index is 14.0. The fourth-order valence-corrected chi connectivity index (χ4v) is 5.93. The molecule has 4 aromatic rings. The second kappa shape index (κ2) is 9.17. The molecule has 4 nitrogen and oxygen atoms in total. The molecule has 0 amide bonds. The van der Waals surface area contributed by atoms with E-state index in [1.165, 1.54) is 33.0 Å². The van der Waals surface area contributed by atoms with Gasteiger partial charge in [0.15, 0.2) is 5.78 Å². The summed E-state index contributed by atoms with van der Waals surface area (Å²) < 4.78 is 11.0. The molecule has 1 heterocycles. The highest BCUT2D eigenvalue weighted by atomic mass is 16.5. The first-order valence-electron chi connectivity index (χ1n) is 12.4. The van der Waals surface area contributed by atoms with E-state index in [1.54, 1.807) is 14.2 Å². The molecule has 176 valence electrons. The SMILES string of the molecule is CCc1cc(C2CCCCC2C(=O)c2cc(OC)ccc2OC)c2c([nH]c3ccccc32)c1C. The number of nitrogens with one attached hydrogen (secondary N) is 1. The average Bonchev–Trinajstić information content (AvgIpc) is 3.28. The second-order valence-electron chi connectivity index (χ2n) is 9.45. The number of ether oxygens (including phenoxy) is 2. The van der Waals surface area contributed by atoms with Gasteiger partial charge in [-0.05, 0) is 73.1 Å². The number of aromatic amines is 1. The standard InChI is InChI=1S/C30H33NO3/c1-5-19-16-24(28-23-12-8-9-13-26(23)31-29(28)18(19)2)21-10-6-7-11-22(21)30(32)25-17-20(33-3)14-15-27(25)34-4/h8-9,12-17,21-22,31H,5-7,10-11H2,1-4H3. The van der Waals surface area contributed by atoms with Crippen molar-refractivity contribution in [3.63, 3.8) is 0 Å². The Labute approximate surface area is 201 Å². The number of aromatic nitrogens is 1. The third kappa shape index (κ3) is 3.66. The zero-order valence-corrected chi connectivity index (χ0v) is 20.5. The van der Waals surface area contributed by atoms with Crippen molar-refractivity contribution in [2.75, 3.05) is 14.2 Å². The largest absolute Gasteiger partial charge is 0.497 e. The highest BCUT2D eigenvalue weighted by Gasteiger charge is 2.35. The smallest absolute Gasteiger partial charge is 0.170 e. The summed E-state index contributed by atoms with van der Waals surface area (Å²) in [6, 6.07) is 16.4. The van der Waals surface area contributed by atoms with Gasteiger partial charge in [-0.15, -0.1) is 0 Å². The van der Waals surface area contributed by atoms with Crippen LogP contribution in [0.2, 0.25) is 0 Å². The average molecular weight is 456 g/mol. The summed E-state index contributed by atoms with van der Waals surface area (Å²) in [6.45, 7) is 4.43. The summed E-state index contributed by atoms with van der Waals surface area (Å²) in [5, 5.41) is 2.53. The molecule has 3 aromatic carbocycles. The van der Waals surface area contributed by atoms with Crippen LogP contribution in [0.4, 0.5) is 0 Å². The van der Waals surface area contributed by atoms with E-state index < -0.39 is 0 Å². The maximum absolute atomic E-state index is 14.0. The van der Waals surface area contributed by atoms with Gasteiger partial charge in [-0.25, -0.2) is 0 Å². The molecule has 0 saturated heterocycles. The minimum atomic E-state index is -0.0842. The molecule has 34 heavy (non-hydrogen) atoms. The summed E-state index contributed by atoms with van der Waals surface area (Å²) in [7, 11) is 3.26. The maximum Gasteiger partial charge on any atom is 0.170 e. The number of carbonyl (C=O) groups excluding carboxylic acids is 1. The van der Waals surface area contributed by atoms with E-state index in [2.05, 4.69) is 49.2 Å². The molecule has 0 spiro atoms. The number of ketones is 1. The molecular weight excluding hydrogens is 422 g/mol. The quantitative estimate of drug-likeness (QED) is 0.309. The lowest BCUT2D eigenvalue weighted by molar-refractivity contribution is 0.0865. The number of methoxy groups -OCH3 is 2. The molecule has 2 atom stereocenters. The number of hydrogen-bond donors (Lipinski definition) is 1. The molecule has 1 fully saturated rings. The Morgan fingerprint density at radius 1 is 1.03 bits per heavy atom. The number of fused-ring (bicyclic) bond motifs is 3. The number of benzene rings is 3. The molecule has 0 aliphatic heterocycles. The minimum Gasteiger partial charge on any atom is -0.497 e. The van der Waals surface area contributed by atoms with E-state index in [4.69, 9.17) is 9.47 Å². The van der Waals surface area contributed by atoms with Gasteiger partial charge in [0, 0.05) is 27.7 Å². The van der Waals surface area contributed by atoms with E-state index in [0.717, 1.165) is 37.6 Å². The molecule has 0 radical (unpaired) electrons. The number of rotatable bonds is 6. The van der Waals surface area contributed by atoms with Gasteiger partial charge in [-0.3, -0.25) is 4.79 Å². The number of H-pyrrole nitrogens is 1. The van der Waals surface area contributed by atoms with Crippen molar-refractivity contribution in [1.82, 2.24) is 4.98 Å². The van der Waals surface area contributed by atoms with E-state index in [9.17, 15) is 4.79 Å². The van der Waals surface area contributed by atoms with E-state index >= 15 is 0 Å². The second-order valence-corrected chi connectivity index (χ2v) is 9.45. The van der Waals surface area contributed by atoms with Crippen molar-refractivity contribution in [2.45, 2.75) is 51.9 Å². The van der Waals surface area contributed by atoms with Gasteiger partial charge in [0.05, 0.1) is 19.8 Å². The van der Waals surface area contributed by atoms with E-state index in [-0.39, 0.29) is 17.6 Å². The lowest BCUT2D eigenvalue weighted by Crippen LogP contribution is -2.26. The molecule has 2 unspecified atom stereocenters. The Hall–Kier alpha value is -3.27. The van der Waals surface area contributed by atoms with Crippen molar-refractivity contribution < 1.29 is 14.3 Å². The van der Waals surface area contributed by atoms with Crippen LogP contribution in [0.1, 0.15) is 65.6 Å². The Bertz CT molecular complexity index is 1370. The normalized spacial score (nSPS) is 18.4. The summed E-state index contributed by atoms with van der Waals surface area (Å²) in [4.78, 5) is 17.7. The molecule has 1 aliphatic carbocycles. The Balaban J connectivity index is 1.69. The predicted octanol–water partition coefficient (Wildman–Crippen LogP) is 7.37. The van der Waals surface area contributed by atoms with Crippen LogP contribution in [-0.2, 0) is 6.42 Å². The first-order valence-corrected chi connectivity index (χ1v) is 12.4. The van der Waals surface area contributed by atoms with Gasteiger partial charge >= 0.3 is 0 Å². The van der Waals surface area contributed by atoms with Gasteiger partial charge in [-0.2, -0.15) is 0 Å². The van der Waals surface area contributed by atoms with Crippen LogP contribution in [0.15, 0.2) is 48.5 Å². The summed E-state index contributed by atoms with van der Waals surface area (Å²) >= 11 is 0. The lowest BCUT2D eigenvalue weighted by Gasteiger charge is -2.32. The Kier molecular flexibility index (Phi) is 6.07. The van der Waals surface area contributed by atoms with Gasteiger partial charge in [0.1, 0.15) is 11.5 Å². The van der Waals surface area contributed by atoms with E-state index in [0.29, 0.717) is 17.1 Å². The summed E-state index contributed by atoms with van der Waals surface area (Å²) in [5.74, 6) is 1.54. The minimum absolute atomic E-state index is 0.0842. The predicted molar refractivity (Wildman–Crippen MR) is 138 cm³/mol. The van der Waals surface area contributed by atoms with Crippen LogP contribution >= 0.6 is 0 Å². The van der Waals surface area contributed by atoms with Crippen molar-refractivity contribution in [3.8, 4) is 11.5 Å². The highest BCUT2D eigenvalue weighted by molar-refractivity contribution is 6.11. The number of hydrogen-bond acceptors (Lipinski definition) is 3. The van der Waals surface area contributed by atoms with Gasteiger partial charge in [0.2, 0.25) is 0 Å². The first-order chi connectivity index (χ1) is 16.6. The number of para-hydroxylation sites is 1. The van der Waals surface area contributed by atoms with Gasteiger partial charge in [-0.1, -0.05) is 44.0 Å². The fraction of sp³-hybridized carbons (Fsp3) is 0.367. The van der Waals surface area contributed by atoms with Gasteiger partial charge < -0.3 is 14.5 Å². The van der Waals surface area contributed by atoms with Gasteiger partial charge in [0.25, 0.3) is 0 Å². The Morgan fingerprint density at radius 2 is 1.82 bits per heavy atom. The van der Waals surface area contributed by atoms with Crippen molar-refractivity contribution in [2.24, 2.45) is 5.92 Å². The topological polar surface area (TPSA) is 51.3 Å². The fourth-order valence-electron chi connectivity index (χ4n) is 5.93. The van der Waals surface area contributed by atoms with Crippen LogP contribution in [0.25, 0.3) is 21.8 Å². The zero-order valence-electron chi connectivity index (χ0n) is 20.5. The molecule has 4 heteroatoms. The van der Waals surface area contributed by atoms with Crippen molar-refractivity contribution in [1.29, 1.82) is 0 Å². The summed E-state index contributed by atoms with van der Waals surface area (Å²) in [5.41, 5.74) is 6.97.